The largest absolute Gasteiger partial charge is 0.478 e. The predicted molar refractivity (Wildman–Crippen MR) is 69.4 cm³/mol. The lowest BCUT2D eigenvalue weighted by atomic mass is 10.1. The van der Waals surface area contributed by atoms with Gasteiger partial charge in [0.15, 0.2) is 0 Å². The topological polar surface area (TPSA) is 113 Å². The van der Waals surface area contributed by atoms with Crippen LogP contribution in [0.4, 0.5) is 11.4 Å². The monoisotopic (exact) mass is 268 g/mol. The first-order valence-electron chi connectivity index (χ1n) is 5.77. The van der Waals surface area contributed by atoms with Gasteiger partial charge in [-0.15, -0.1) is 0 Å². The molecule has 0 spiro atoms. The Kier molecular flexibility index (Phi) is 4.82. The predicted octanol–water partition coefficient (Wildman–Crippen LogP) is 1.86. The van der Waals surface area contributed by atoms with E-state index in [2.05, 4.69) is 5.32 Å². The highest BCUT2D eigenvalue weighted by atomic mass is 16.6. The Morgan fingerprint density at radius 1 is 1.47 bits per heavy atom. The van der Waals surface area contributed by atoms with Crippen LogP contribution in [0.1, 0.15) is 30.6 Å². The van der Waals surface area contributed by atoms with E-state index in [1.165, 1.54) is 12.1 Å². The molecule has 0 saturated carbocycles. The quantitative estimate of drug-likeness (QED) is 0.536. The summed E-state index contributed by atoms with van der Waals surface area (Å²) < 4.78 is 0. The maximum Gasteiger partial charge on any atom is 0.337 e. The number of aliphatic hydroxyl groups excluding tert-OH is 1. The number of aromatic carboxylic acids is 1. The zero-order valence-electron chi connectivity index (χ0n) is 10.7. The Bertz CT molecular complexity index is 487. The smallest absolute Gasteiger partial charge is 0.337 e. The third-order valence-electron chi connectivity index (χ3n) is 2.54. The van der Waals surface area contributed by atoms with E-state index < -0.39 is 17.0 Å². The molecule has 0 fully saturated rings. The number of nitro groups is 1. The number of nitro benzene ring substituents is 1. The van der Waals surface area contributed by atoms with E-state index in [4.69, 9.17) is 5.11 Å². The second-order valence-corrected chi connectivity index (χ2v) is 4.42. The fourth-order valence-electron chi connectivity index (χ4n) is 1.79. The summed E-state index contributed by atoms with van der Waals surface area (Å²) in [6.45, 7) is 3.38. The number of non-ortho nitro benzene ring substituents is 1. The van der Waals surface area contributed by atoms with E-state index in [1.807, 2.05) is 0 Å². The summed E-state index contributed by atoms with van der Waals surface area (Å²) >= 11 is 0. The fraction of sp³-hybridized carbons (Fsp3) is 0.417. The lowest BCUT2D eigenvalue weighted by Crippen LogP contribution is -2.22. The first-order valence-corrected chi connectivity index (χ1v) is 5.77. The van der Waals surface area contributed by atoms with Crippen molar-refractivity contribution >= 4 is 17.3 Å². The van der Waals surface area contributed by atoms with E-state index in [0.717, 1.165) is 6.07 Å². The number of rotatable bonds is 6. The summed E-state index contributed by atoms with van der Waals surface area (Å²) in [7, 11) is 0. The van der Waals surface area contributed by atoms with Gasteiger partial charge in [0, 0.05) is 18.2 Å². The van der Waals surface area contributed by atoms with Crippen LogP contribution in [0.15, 0.2) is 18.2 Å². The van der Waals surface area contributed by atoms with Gasteiger partial charge in [0.1, 0.15) is 0 Å². The molecule has 0 radical (unpaired) electrons. The molecule has 0 heterocycles. The Hall–Kier alpha value is -2.15. The molecule has 0 aromatic heterocycles. The molecule has 0 aliphatic rings. The maximum atomic E-state index is 11.0. The van der Waals surface area contributed by atoms with Crippen molar-refractivity contribution in [1.82, 2.24) is 0 Å². The van der Waals surface area contributed by atoms with Crippen LogP contribution in [0.5, 0.6) is 0 Å². The number of hydrogen-bond donors (Lipinski definition) is 3. The SMILES string of the molecule is CC(O)CC(C)Nc1cc([N+](=O)[O-])ccc1C(=O)O. The van der Waals surface area contributed by atoms with Crippen LogP contribution in [0, 0.1) is 10.1 Å². The summed E-state index contributed by atoms with van der Waals surface area (Å²) in [6.07, 6.45) is -0.142. The van der Waals surface area contributed by atoms with Gasteiger partial charge in [0.05, 0.1) is 22.3 Å². The van der Waals surface area contributed by atoms with Crippen LogP contribution in [-0.2, 0) is 0 Å². The van der Waals surface area contributed by atoms with Crippen molar-refractivity contribution in [3.63, 3.8) is 0 Å². The van der Waals surface area contributed by atoms with Crippen LogP contribution >= 0.6 is 0 Å². The molecule has 3 N–H and O–H groups in total. The molecule has 2 unspecified atom stereocenters. The van der Waals surface area contributed by atoms with Gasteiger partial charge in [-0.1, -0.05) is 0 Å². The molecular weight excluding hydrogens is 252 g/mol. The minimum atomic E-state index is -1.17. The Labute approximate surface area is 110 Å². The molecule has 0 bridgehead atoms. The number of aliphatic hydroxyl groups is 1. The number of carbonyl (C=O) groups is 1. The van der Waals surface area contributed by atoms with E-state index in [1.54, 1.807) is 13.8 Å². The zero-order chi connectivity index (χ0) is 14.6. The van der Waals surface area contributed by atoms with Gasteiger partial charge in [0.2, 0.25) is 0 Å². The molecule has 2 atom stereocenters. The third-order valence-corrected chi connectivity index (χ3v) is 2.54. The normalized spacial score (nSPS) is 13.6. The number of carboxylic acid groups (broad SMARTS) is 1. The van der Waals surface area contributed by atoms with Gasteiger partial charge >= 0.3 is 5.97 Å². The maximum absolute atomic E-state index is 11.0. The van der Waals surface area contributed by atoms with Crippen LogP contribution in [0.2, 0.25) is 0 Å². The van der Waals surface area contributed by atoms with Crippen LogP contribution in [-0.4, -0.2) is 33.3 Å². The molecule has 0 aliphatic heterocycles. The molecular formula is C12H16N2O5. The fourth-order valence-corrected chi connectivity index (χ4v) is 1.79. The average Bonchev–Trinajstić information content (AvgIpc) is 2.26. The summed E-state index contributed by atoms with van der Waals surface area (Å²) in [5, 5.41) is 31.8. The Balaban J connectivity index is 3.04. The number of nitrogens with zero attached hydrogens (tertiary/aromatic N) is 1. The van der Waals surface area contributed by atoms with E-state index in [0.29, 0.717) is 6.42 Å². The molecule has 1 aromatic rings. The average molecular weight is 268 g/mol. The van der Waals surface area contributed by atoms with Crippen molar-refractivity contribution in [3.8, 4) is 0 Å². The molecule has 104 valence electrons. The van der Waals surface area contributed by atoms with Crippen molar-refractivity contribution < 1.29 is 19.9 Å². The van der Waals surface area contributed by atoms with Gasteiger partial charge < -0.3 is 15.5 Å². The Morgan fingerprint density at radius 2 is 2.11 bits per heavy atom. The summed E-state index contributed by atoms with van der Waals surface area (Å²) in [4.78, 5) is 21.1. The van der Waals surface area contributed by atoms with Crippen LogP contribution in [0.3, 0.4) is 0 Å². The number of nitrogens with one attached hydrogen (secondary N) is 1. The minimum absolute atomic E-state index is 0.0388. The van der Waals surface area contributed by atoms with E-state index >= 15 is 0 Å². The van der Waals surface area contributed by atoms with E-state index in [9.17, 15) is 20.0 Å². The second-order valence-electron chi connectivity index (χ2n) is 4.42. The van der Waals surface area contributed by atoms with E-state index in [-0.39, 0.29) is 23.0 Å². The molecule has 0 amide bonds. The van der Waals surface area contributed by atoms with Gasteiger partial charge in [-0.05, 0) is 26.3 Å². The van der Waals surface area contributed by atoms with Crippen molar-refractivity contribution in [2.24, 2.45) is 0 Å². The van der Waals surface area contributed by atoms with Gasteiger partial charge in [-0.25, -0.2) is 4.79 Å². The molecule has 7 nitrogen and oxygen atoms in total. The van der Waals surface area contributed by atoms with Gasteiger partial charge in [0.25, 0.3) is 5.69 Å². The minimum Gasteiger partial charge on any atom is -0.478 e. The molecule has 0 aliphatic carbocycles. The van der Waals surface area contributed by atoms with Gasteiger partial charge in [-0.2, -0.15) is 0 Å². The first kappa shape index (κ1) is 14.9. The molecule has 7 heteroatoms. The number of anilines is 1. The van der Waals surface area contributed by atoms with Crippen LogP contribution < -0.4 is 5.32 Å². The summed E-state index contributed by atoms with van der Waals surface area (Å²) in [6, 6.07) is 3.31. The molecule has 1 rings (SSSR count). The van der Waals surface area contributed by atoms with Gasteiger partial charge in [-0.3, -0.25) is 10.1 Å². The molecule has 0 saturated heterocycles. The number of carboxylic acids is 1. The summed E-state index contributed by atoms with van der Waals surface area (Å²) in [5.41, 5.74) is -0.0466. The zero-order valence-corrected chi connectivity index (χ0v) is 10.7. The highest BCUT2D eigenvalue weighted by Gasteiger charge is 2.17. The lowest BCUT2D eigenvalue weighted by Gasteiger charge is -2.18. The highest BCUT2D eigenvalue weighted by molar-refractivity contribution is 5.94. The standard InChI is InChI=1S/C12H16N2O5/c1-7(5-8(2)15)13-11-6-9(14(18)19)3-4-10(11)12(16)17/h3-4,6-8,13,15H,5H2,1-2H3,(H,16,17). The van der Waals surface area contributed by atoms with Crippen LogP contribution in [0.25, 0.3) is 0 Å². The number of hydrogen-bond acceptors (Lipinski definition) is 5. The van der Waals surface area contributed by atoms with Crippen molar-refractivity contribution in [3.05, 3.63) is 33.9 Å². The highest BCUT2D eigenvalue weighted by Crippen LogP contribution is 2.24. The number of benzene rings is 1. The van der Waals surface area contributed by atoms with Crippen molar-refractivity contribution in [1.29, 1.82) is 0 Å². The molecule has 19 heavy (non-hydrogen) atoms. The summed E-state index contributed by atoms with van der Waals surface area (Å²) in [5.74, 6) is -1.17. The van der Waals surface area contributed by atoms with Crippen molar-refractivity contribution in [2.75, 3.05) is 5.32 Å². The first-order chi connectivity index (χ1) is 8.81. The lowest BCUT2D eigenvalue weighted by molar-refractivity contribution is -0.384. The molecule has 1 aromatic carbocycles. The van der Waals surface area contributed by atoms with Crippen molar-refractivity contribution in [2.45, 2.75) is 32.4 Å². The Morgan fingerprint density at radius 3 is 2.58 bits per heavy atom. The third kappa shape index (κ3) is 4.22. The second kappa shape index (κ2) is 6.14.